The van der Waals surface area contributed by atoms with E-state index in [1.807, 2.05) is 30.3 Å². The number of hydrogen-bond acceptors (Lipinski definition) is 4. The molecule has 2 amide bonds. The van der Waals surface area contributed by atoms with E-state index in [1.54, 1.807) is 38.4 Å². The molecule has 27 heavy (non-hydrogen) atoms. The van der Waals surface area contributed by atoms with Gasteiger partial charge in [0.2, 0.25) is 5.91 Å². The number of nitrogens with one attached hydrogen (secondary N) is 1. The maximum Gasteiger partial charge on any atom is 0.356 e. The van der Waals surface area contributed by atoms with Crippen LogP contribution in [0.1, 0.15) is 11.1 Å². The summed E-state index contributed by atoms with van der Waals surface area (Å²) in [5, 5.41) is 1.19. The number of nitrogens with zero attached hydrogens (tertiary/aromatic N) is 2. The lowest BCUT2D eigenvalue weighted by Gasteiger charge is -2.16. The maximum absolute atomic E-state index is 12.0. The van der Waals surface area contributed by atoms with Crippen LogP contribution in [0.4, 0.5) is 10.5 Å². The van der Waals surface area contributed by atoms with Crippen molar-refractivity contribution < 1.29 is 18.0 Å². The van der Waals surface area contributed by atoms with E-state index in [1.165, 1.54) is 11.3 Å². The fraction of sp³-hybridized carbons (Fsp3) is 0.111. The van der Waals surface area contributed by atoms with Crippen LogP contribution in [-0.4, -0.2) is 44.4 Å². The number of sulfonamides is 1. The first-order valence-corrected chi connectivity index (χ1v) is 9.26. The van der Waals surface area contributed by atoms with Crippen LogP contribution in [0, 0.1) is 6.42 Å². The Kier molecular flexibility index (Phi) is 6.30. The van der Waals surface area contributed by atoms with Gasteiger partial charge in [0.1, 0.15) is 5.84 Å². The first-order chi connectivity index (χ1) is 12.7. The third-order valence-corrected chi connectivity index (χ3v) is 4.31. The Balaban J connectivity index is 2.16. The van der Waals surface area contributed by atoms with Crippen LogP contribution in [-0.2, 0) is 14.8 Å². The molecule has 0 saturated heterocycles. The molecule has 0 aliphatic heterocycles. The van der Waals surface area contributed by atoms with Crippen molar-refractivity contribution >= 4 is 32.7 Å². The summed E-state index contributed by atoms with van der Waals surface area (Å²) in [5.41, 5.74) is 6.56. The SMILES string of the molecule is CN(C)C(=NS(=O)(=O)C(N)=O)c1ccc(NC(=O)[CH]c2ccccc2)cc1. The number of rotatable bonds is 5. The van der Waals surface area contributed by atoms with Gasteiger partial charge in [-0.25, -0.2) is 0 Å². The number of amidine groups is 1. The molecule has 0 aromatic heterocycles. The fourth-order valence-corrected chi connectivity index (χ4v) is 2.72. The molecule has 2 aromatic rings. The molecule has 2 aromatic carbocycles. The highest BCUT2D eigenvalue weighted by Gasteiger charge is 2.20. The Bertz CT molecular complexity index is 953. The molecule has 0 heterocycles. The quantitative estimate of drug-likeness (QED) is 0.596. The number of hydrogen-bond donors (Lipinski definition) is 2. The highest BCUT2D eigenvalue weighted by molar-refractivity contribution is 8.04. The summed E-state index contributed by atoms with van der Waals surface area (Å²) in [4.78, 5) is 24.5. The number of primary amides is 1. The van der Waals surface area contributed by atoms with Crippen molar-refractivity contribution in [3.8, 4) is 0 Å². The van der Waals surface area contributed by atoms with E-state index in [9.17, 15) is 18.0 Å². The predicted molar refractivity (Wildman–Crippen MR) is 104 cm³/mol. The lowest BCUT2D eigenvalue weighted by atomic mass is 10.1. The molecule has 0 unspecified atom stereocenters. The zero-order valence-electron chi connectivity index (χ0n) is 14.8. The van der Waals surface area contributed by atoms with E-state index in [-0.39, 0.29) is 11.7 Å². The smallest absolute Gasteiger partial charge is 0.356 e. The average molecular weight is 387 g/mol. The minimum absolute atomic E-state index is 0.0440. The van der Waals surface area contributed by atoms with Gasteiger partial charge in [0.15, 0.2) is 0 Å². The van der Waals surface area contributed by atoms with Crippen molar-refractivity contribution in [3.05, 3.63) is 72.1 Å². The Morgan fingerprint density at radius 2 is 1.63 bits per heavy atom. The van der Waals surface area contributed by atoms with Gasteiger partial charge in [-0.2, -0.15) is 8.42 Å². The fourth-order valence-electron chi connectivity index (χ4n) is 2.13. The first-order valence-electron chi connectivity index (χ1n) is 7.82. The van der Waals surface area contributed by atoms with Crippen LogP contribution < -0.4 is 11.1 Å². The predicted octanol–water partition coefficient (Wildman–Crippen LogP) is 1.59. The van der Waals surface area contributed by atoms with E-state index in [0.717, 1.165) is 5.56 Å². The number of amides is 2. The largest absolute Gasteiger partial charge is 0.362 e. The van der Waals surface area contributed by atoms with Gasteiger partial charge in [0.05, 0.1) is 6.42 Å². The molecule has 2 rings (SSSR count). The molecule has 3 N–H and O–H groups in total. The zero-order chi connectivity index (χ0) is 20.0. The van der Waals surface area contributed by atoms with Crippen LogP contribution in [0.3, 0.4) is 0 Å². The monoisotopic (exact) mass is 387 g/mol. The minimum Gasteiger partial charge on any atom is -0.362 e. The average Bonchev–Trinajstić information content (AvgIpc) is 2.61. The molecule has 141 valence electrons. The molecular weight excluding hydrogens is 368 g/mol. The molecular formula is C18H19N4O4S. The van der Waals surface area contributed by atoms with E-state index in [4.69, 9.17) is 5.73 Å². The second-order valence-corrected chi connectivity index (χ2v) is 7.26. The van der Waals surface area contributed by atoms with Gasteiger partial charge in [0.25, 0.3) is 0 Å². The molecule has 9 heteroatoms. The summed E-state index contributed by atoms with van der Waals surface area (Å²) in [6.07, 6.45) is 1.46. The lowest BCUT2D eigenvalue weighted by molar-refractivity contribution is -0.112. The number of carbonyl (C=O) groups is 2. The molecule has 0 atom stereocenters. The van der Waals surface area contributed by atoms with Crippen molar-refractivity contribution in [2.24, 2.45) is 10.1 Å². The molecule has 0 fully saturated rings. The molecule has 0 saturated carbocycles. The Hall–Kier alpha value is -3.20. The lowest BCUT2D eigenvalue weighted by Crippen LogP contribution is -2.28. The van der Waals surface area contributed by atoms with Gasteiger partial charge in [-0.3, -0.25) is 9.59 Å². The first kappa shape index (κ1) is 20.1. The number of anilines is 1. The van der Waals surface area contributed by atoms with E-state index in [2.05, 4.69) is 9.71 Å². The van der Waals surface area contributed by atoms with Crippen LogP contribution in [0.5, 0.6) is 0 Å². The van der Waals surface area contributed by atoms with Crippen molar-refractivity contribution in [1.82, 2.24) is 4.90 Å². The van der Waals surface area contributed by atoms with Gasteiger partial charge < -0.3 is 16.0 Å². The normalized spacial score (nSPS) is 11.7. The number of carbonyl (C=O) groups excluding carboxylic acids is 2. The third-order valence-electron chi connectivity index (χ3n) is 3.39. The standard InChI is InChI=1S/C18H19N4O4S/c1-22(2)17(21-27(25,26)18(19)24)14-8-10-15(11-9-14)20-16(23)12-13-6-4-3-5-7-13/h3-12H,1-2H3,(H2,19,24)(H,20,23). The van der Waals surface area contributed by atoms with E-state index in [0.29, 0.717) is 11.3 Å². The zero-order valence-corrected chi connectivity index (χ0v) is 15.6. The van der Waals surface area contributed by atoms with Gasteiger partial charge in [-0.15, -0.1) is 4.40 Å². The highest BCUT2D eigenvalue weighted by Crippen LogP contribution is 2.14. The van der Waals surface area contributed by atoms with E-state index < -0.39 is 15.3 Å². The minimum atomic E-state index is -4.44. The maximum atomic E-state index is 12.0. The molecule has 8 nitrogen and oxygen atoms in total. The molecule has 0 bridgehead atoms. The van der Waals surface area contributed by atoms with Crippen molar-refractivity contribution in [1.29, 1.82) is 0 Å². The summed E-state index contributed by atoms with van der Waals surface area (Å²) in [7, 11) is -1.28. The molecule has 1 radical (unpaired) electrons. The summed E-state index contributed by atoms with van der Waals surface area (Å²) < 4.78 is 26.8. The van der Waals surface area contributed by atoms with Crippen LogP contribution >= 0.6 is 0 Å². The second-order valence-electron chi connectivity index (χ2n) is 5.73. The van der Waals surface area contributed by atoms with Crippen LogP contribution in [0.15, 0.2) is 59.0 Å². The second kappa shape index (κ2) is 8.45. The summed E-state index contributed by atoms with van der Waals surface area (Å²) in [5.74, 6) is -0.255. The van der Waals surface area contributed by atoms with Gasteiger partial charge in [-0.1, -0.05) is 30.3 Å². The summed E-state index contributed by atoms with van der Waals surface area (Å²) >= 11 is 0. The van der Waals surface area contributed by atoms with Gasteiger partial charge in [0, 0.05) is 25.3 Å². The number of nitrogens with two attached hydrogens (primary N) is 1. The van der Waals surface area contributed by atoms with Crippen LogP contribution in [0.25, 0.3) is 0 Å². The Labute approximate surface area is 157 Å². The Morgan fingerprint density at radius 3 is 2.15 bits per heavy atom. The van der Waals surface area contributed by atoms with Crippen LogP contribution in [0.2, 0.25) is 0 Å². The van der Waals surface area contributed by atoms with Crippen molar-refractivity contribution in [2.45, 2.75) is 0 Å². The summed E-state index contributed by atoms with van der Waals surface area (Å²) in [6, 6.07) is 15.5. The molecule has 0 aliphatic rings. The number of benzene rings is 2. The highest BCUT2D eigenvalue weighted by atomic mass is 32.2. The van der Waals surface area contributed by atoms with Crippen molar-refractivity contribution in [2.75, 3.05) is 19.4 Å². The van der Waals surface area contributed by atoms with Gasteiger partial charge >= 0.3 is 15.3 Å². The Morgan fingerprint density at radius 1 is 1.04 bits per heavy atom. The molecule has 0 spiro atoms. The molecule has 0 aliphatic carbocycles. The topological polar surface area (TPSA) is 122 Å². The summed E-state index contributed by atoms with van der Waals surface area (Å²) in [6.45, 7) is 0. The van der Waals surface area contributed by atoms with Crippen molar-refractivity contribution in [3.63, 3.8) is 0 Å². The third kappa shape index (κ3) is 5.65. The van der Waals surface area contributed by atoms with Gasteiger partial charge in [-0.05, 0) is 29.8 Å². The van der Waals surface area contributed by atoms with E-state index >= 15 is 0 Å².